The van der Waals surface area contributed by atoms with Gasteiger partial charge in [0.05, 0.1) is 17.0 Å². The molecule has 1 aromatic carbocycles. The van der Waals surface area contributed by atoms with Crippen LogP contribution in [-0.4, -0.2) is 16.5 Å². The summed E-state index contributed by atoms with van der Waals surface area (Å²) in [5, 5.41) is 11.2. The van der Waals surface area contributed by atoms with Crippen LogP contribution in [0.1, 0.15) is 52.3 Å². The summed E-state index contributed by atoms with van der Waals surface area (Å²) in [6.07, 6.45) is 2.29. The second-order valence-electron chi connectivity index (χ2n) is 4.71. The Morgan fingerprint density at radius 2 is 2.05 bits per heavy atom. The third-order valence-corrected chi connectivity index (χ3v) is 3.07. The largest absolute Gasteiger partial charge is 0.385 e. The van der Waals surface area contributed by atoms with Crippen LogP contribution in [0.5, 0.6) is 0 Å². The Hall–Kier alpha value is -2.35. The van der Waals surface area contributed by atoms with Gasteiger partial charge < -0.3 is 10.3 Å². The fraction of sp³-hybridized carbons (Fsp3) is 0.471. The van der Waals surface area contributed by atoms with E-state index in [0.717, 1.165) is 36.4 Å². The molecule has 0 unspecified atom stereocenters. The zero-order valence-corrected chi connectivity index (χ0v) is 13.7. The zero-order chi connectivity index (χ0) is 16.5. The van der Waals surface area contributed by atoms with Crippen LogP contribution in [0.4, 0.5) is 5.69 Å². The number of nitrogens with zero attached hydrogens (tertiary/aromatic N) is 2. The molecule has 118 valence electrons. The molecule has 1 heterocycles. The number of nitrogens with one attached hydrogen (secondary N) is 2. The number of anilines is 1. The number of hydrogen-bond donors (Lipinski definition) is 2. The Bertz CT molecular complexity index is 696. The van der Waals surface area contributed by atoms with Gasteiger partial charge in [0.2, 0.25) is 0 Å². The summed E-state index contributed by atoms with van der Waals surface area (Å²) >= 11 is 0. The van der Waals surface area contributed by atoms with Crippen molar-refractivity contribution in [3.05, 3.63) is 34.4 Å². The van der Waals surface area contributed by atoms with Gasteiger partial charge in [0.15, 0.2) is 0 Å². The predicted molar refractivity (Wildman–Crippen MR) is 91.1 cm³/mol. The van der Waals surface area contributed by atoms with Crippen LogP contribution >= 0.6 is 0 Å². The quantitative estimate of drug-likeness (QED) is 0.903. The maximum atomic E-state index is 12.0. The van der Waals surface area contributed by atoms with E-state index in [1.165, 1.54) is 6.92 Å². The average Bonchev–Trinajstić information content (AvgIpc) is 3.36. The molecule has 1 aliphatic rings. The minimum Gasteiger partial charge on any atom is -0.385 e. The van der Waals surface area contributed by atoms with E-state index in [2.05, 4.69) is 15.3 Å². The molecule has 2 aromatic rings. The van der Waals surface area contributed by atoms with Gasteiger partial charge in [-0.3, -0.25) is 4.79 Å². The molecule has 1 aliphatic carbocycles. The minimum absolute atomic E-state index is 0.0309. The minimum atomic E-state index is -0.0309. The van der Waals surface area contributed by atoms with Crippen molar-refractivity contribution in [3.63, 3.8) is 0 Å². The first kappa shape index (κ1) is 17.7. The van der Waals surface area contributed by atoms with Crippen molar-refractivity contribution in [1.29, 1.82) is 5.26 Å². The van der Waals surface area contributed by atoms with E-state index < -0.39 is 0 Å². The van der Waals surface area contributed by atoms with Crippen LogP contribution in [0.2, 0.25) is 0 Å². The van der Waals surface area contributed by atoms with Gasteiger partial charge in [0.25, 0.3) is 5.56 Å². The molecule has 0 bridgehead atoms. The Morgan fingerprint density at radius 1 is 1.41 bits per heavy atom. The number of benzene rings is 1. The lowest BCUT2D eigenvalue weighted by atomic mass is 10.2. The molecule has 3 rings (SSSR count). The smallest absolute Gasteiger partial charge is 0.258 e. The molecule has 0 spiro atoms. The molecular weight excluding hydrogens is 276 g/mol. The van der Waals surface area contributed by atoms with Crippen molar-refractivity contribution in [3.8, 4) is 6.07 Å². The van der Waals surface area contributed by atoms with Crippen molar-refractivity contribution in [2.45, 2.75) is 46.5 Å². The molecule has 1 fully saturated rings. The molecule has 22 heavy (non-hydrogen) atoms. The van der Waals surface area contributed by atoms with Gasteiger partial charge in [0, 0.05) is 25.1 Å². The SMILES string of the molecule is CC.CC#N.CCNc1ccc2nc(C3CC3)[nH]c(=O)c2c1. The van der Waals surface area contributed by atoms with Gasteiger partial charge >= 0.3 is 0 Å². The molecule has 0 atom stereocenters. The first-order valence-corrected chi connectivity index (χ1v) is 7.78. The summed E-state index contributed by atoms with van der Waals surface area (Å²) in [5.41, 5.74) is 1.72. The molecular formula is C17H24N4O. The lowest BCUT2D eigenvalue weighted by Crippen LogP contribution is -2.11. The second-order valence-corrected chi connectivity index (χ2v) is 4.71. The molecule has 1 saturated carbocycles. The lowest BCUT2D eigenvalue weighted by Gasteiger charge is -2.05. The molecule has 2 N–H and O–H groups in total. The monoisotopic (exact) mass is 300 g/mol. The summed E-state index contributed by atoms with van der Waals surface area (Å²) in [6, 6.07) is 7.49. The van der Waals surface area contributed by atoms with Gasteiger partial charge in [0.1, 0.15) is 5.82 Å². The maximum absolute atomic E-state index is 12.0. The highest BCUT2D eigenvalue weighted by Gasteiger charge is 2.26. The van der Waals surface area contributed by atoms with E-state index in [0.29, 0.717) is 11.3 Å². The normalized spacial score (nSPS) is 12.3. The van der Waals surface area contributed by atoms with E-state index in [1.807, 2.05) is 39.0 Å². The van der Waals surface area contributed by atoms with E-state index in [1.54, 1.807) is 6.07 Å². The Kier molecular flexibility index (Phi) is 7.11. The fourth-order valence-electron chi connectivity index (χ4n) is 2.02. The van der Waals surface area contributed by atoms with Crippen LogP contribution in [0, 0.1) is 11.3 Å². The van der Waals surface area contributed by atoms with Crippen LogP contribution in [0.25, 0.3) is 10.9 Å². The second kappa shape index (κ2) is 8.83. The first-order valence-electron chi connectivity index (χ1n) is 7.78. The molecule has 5 heteroatoms. The standard InChI is InChI=1S/C13H15N3O.C2H3N.C2H6/c1-2-14-9-5-6-11-10(7-9)13(17)16-12(15-11)8-3-4-8;1-2-3;1-2/h5-8,14H,2-4H2,1H3,(H,15,16,17);1H3;1-2H3. The van der Waals surface area contributed by atoms with Crippen LogP contribution < -0.4 is 10.9 Å². The third-order valence-electron chi connectivity index (χ3n) is 3.07. The number of hydrogen-bond acceptors (Lipinski definition) is 4. The highest BCUT2D eigenvalue weighted by Crippen LogP contribution is 2.37. The molecule has 0 amide bonds. The van der Waals surface area contributed by atoms with Crippen molar-refractivity contribution in [1.82, 2.24) is 9.97 Å². The fourth-order valence-corrected chi connectivity index (χ4v) is 2.02. The number of nitriles is 1. The molecule has 1 aromatic heterocycles. The molecule has 0 radical (unpaired) electrons. The Balaban J connectivity index is 0.000000435. The van der Waals surface area contributed by atoms with Gasteiger partial charge in [-0.2, -0.15) is 5.26 Å². The van der Waals surface area contributed by atoms with Crippen molar-refractivity contribution in [2.24, 2.45) is 0 Å². The highest BCUT2D eigenvalue weighted by atomic mass is 16.1. The summed E-state index contributed by atoms with van der Waals surface area (Å²) in [5.74, 6) is 1.32. The first-order chi connectivity index (χ1) is 10.7. The number of fused-ring (bicyclic) bond motifs is 1. The van der Waals surface area contributed by atoms with Crippen LogP contribution in [-0.2, 0) is 0 Å². The van der Waals surface area contributed by atoms with Crippen molar-refractivity contribution >= 4 is 16.6 Å². The Labute approximate surface area is 131 Å². The predicted octanol–water partition coefficient (Wildman–Crippen LogP) is 3.79. The van der Waals surface area contributed by atoms with E-state index >= 15 is 0 Å². The average molecular weight is 300 g/mol. The summed E-state index contributed by atoms with van der Waals surface area (Å²) < 4.78 is 0. The van der Waals surface area contributed by atoms with E-state index in [9.17, 15) is 4.79 Å². The number of aromatic amines is 1. The van der Waals surface area contributed by atoms with Crippen LogP contribution in [0.3, 0.4) is 0 Å². The molecule has 5 nitrogen and oxygen atoms in total. The number of rotatable bonds is 3. The maximum Gasteiger partial charge on any atom is 0.258 e. The highest BCUT2D eigenvalue weighted by molar-refractivity contribution is 5.81. The van der Waals surface area contributed by atoms with Gasteiger partial charge in [-0.05, 0) is 38.0 Å². The van der Waals surface area contributed by atoms with E-state index in [-0.39, 0.29) is 5.56 Å². The Morgan fingerprint density at radius 3 is 2.59 bits per heavy atom. The summed E-state index contributed by atoms with van der Waals surface area (Å²) in [7, 11) is 0. The number of H-pyrrole nitrogens is 1. The van der Waals surface area contributed by atoms with Gasteiger partial charge in [-0.1, -0.05) is 13.8 Å². The van der Waals surface area contributed by atoms with Crippen molar-refractivity contribution < 1.29 is 0 Å². The summed E-state index contributed by atoms with van der Waals surface area (Å²) in [4.78, 5) is 19.4. The summed E-state index contributed by atoms with van der Waals surface area (Å²) in [6.45, 7) is 8.31. The van der Waals surface area contributed by atoms with E-state index in [4.69, 9.17) is 5.26 Å². The topological polar surface area (TPSA) is 81.6 Å². The molecule has 0 aliphatic heterocycles. The third kappa shape index (κ3) is 4.59. The molecule has 0 saturated heterocycles. The zero-order valence-electron chi connectivity index (χ0n) is 13.7. The van der Waals surface area contributed by atoms with Gasteiger partial charge in [-0.15, -0.1) is 0 Å². The van der Waals surface area contributed by atoms with Gasteiger partial charge in [-0.25, -0.2) is 4.98 Å². The number of aromatic nitrogens is 2. The van der Waals surface area contributed by atoms with Crippen LogP contribution in [0.15, 0.2) is 23.0 Å². The van der Waals surface area contributed by atoms with Crippen molar-refractivity contribution in [2.75, 3.05) is 11.9 Å². The lowest BCUT2D eigenvalue weighted by molar-refractivity contribution is 0.931.